The van der Waals surface area contributed by atoms with Gasteiger partial charge in [0.15, 0.2) is 0 Å². The van der Waals surface area contributed by atoms with Crippen LogP contribution in [-0.4, -0.2) is 33.0 Å². The smallest absolute Gasteiger partial charge is 0.324 e. The van der Waals surface area contributed by atoms with E-state index in [9.17, 15) is 9.90 Å². The molecule has 0 aliphatic carbocycles. The summed E-state index contributed by atoms with van der Waals surface area (Å²) in [5.74, 6) is -0.698. The molecule has 112 valence electrons. The molecule has 1 aliphatic rings. The molecule has 3 heterocycles. The lowest BCUT2D eigenvalue weighted by molar-refractivity contribution is -0.150. The molecule has 0 amide bonds. The van der Waals surface area contributed by atoms with Gasteiger partial charge < -0.3 is 5.11 Å². The summed E-state index contributed by atoms with van der Waals surface area (Å²) in [5.41, 5.74) is 1.42. The van der Waals surface area contributed by atoms with Gasteiger partial charge in [0.1, 0.15) is 10.5 Å². The van der Waals surface area contributed by atoms with Crippen LogP contribution in [0.1, 0.15) is 31.9 Å². The molecule has 21 heavy (non-hydrogen) atoms. The van der Waals surface area contributed by atoms with E-state index >= 15 is 0 Å². The molecule has 0 saturated carbocycles. The minimum atomic E-state index is -0.702. The highest BCUT2D eigenvalue weighted by atomic mass is 32.1. The summed E-state index contributed by atoms with van der Waals surface area (Å²) >= 11 is 3.29. The molecule has 1 atom stereocenters. The fourth-order valence-electron chi connectivity index (χ4n) is 3.05. The number of hydrogen-bond donors (Lipinski definition) is 1. The van der Waals surface area contributed by atoms with Crippen LogP contribution in [0.2, 0.25) is 0 Å². The Balaban J connectivity index is 1.79. The van der Waals surface area contributed by atoms with Crippen LogP contribution in [0.25, 0.3) is 10.6 Å². The van der Waals surface area contributed by atoms with Crippen LogP contribution < -0.4 is 0 Å². The second-order valence-electron chi connectivity index (χ2n) is 5.37. The quantitative estimate of drug-likeness (QED) is 0.912. The molecule has 1 saturated heterocycles. The molecule has 1 unspecified atom stereocenters. The van der Waals surface area contributed by atoms with Gasteiger partial charge in [-0.15, -0.1) is 11.3 Å². The van der Waals surface area contributed by atoms with E-state index in [2.05, 4.69) is 21.3 Å². The first-order valence-corrected chi connectivity index (χ1v) is 8.93. The molecule has 1 N–H and O–H groups in total. The lowest BCUT2D eigenvalue weighted by Crippen LogP contribution is -2.49. The summed E-state index contributed by atoms with van der Waals surface area (Å²) in [6.07, 6.45) is 2.33. The maximum atomic E-state index is 11.7. The lowest BCUT2D eigenvalue weighted by Gasteiger charge is -2.33. The molecule has 4 nitrogen and oxygen atoms in total. The van der Waals surface area contributed by atoms with Gasteiger partial charge in [-0.1, -0.05) is 6.92 Å². The molecule has 0 aromatic carbocycles. The molecule has 3 rings (SSSR count). The van der Waals surface area contributed by atoms with Gasteiger partial charge >= 0.3 is 5.97 Å². The number of aliphatic carboxylic acids is 1. The van der Waals surface area contributed by atoms with Crippen LogP contribution in [0, 0.1) is 0 Å². The number of thiazole rings is 1. The number of aromatic nitrogens is 1. The number of carboxylic acids is 1. The van der Waals surface area contributed by atoms with E-state index < -0.39 is 11.5 Å². The zero-order valence-corrected chi connectivity index (χ0v) is 13.5. The summed E-state index contributed by atoms with van der Waals surface area (Å²) in [4.78, 5) is 18.4. The van der Waals surface area contributed by atoms with Gasteiger partial charge in [0, 0.05) is 22.9 Å². The van der Waals surface area contributed by atoms with Crippen molar-refractivity contribution in [3.63, 3.8) is 0 Å². The van der Waals surface area contributed by atoms with Crippen molar-refractivity contribution in [2.24, 2.45) is 0 Å². The average molecular weight is 322 g/mol. The standard InChI is InChI=1S/C15H18N2O2S2/c1-2-15(14(18)19)5-3-6-17(15)8-12-10-21-13(16-12)11-4-7-20-9-11/h4,7,9-10H,2-3,5-6,8H2,1H3,(H,18,19). The highest BCUT2D eigenvalue weighted by molar-refractivity contribution is 7.14. The monoisotopic (exact) mass is 322 g/mol. The number of thiophene rings is 1. The van der Waals surface area contributed by atoms with Gasteiger partial charge in [-0.2, -0.15) is 11.3 Å². The Morgan fingerprint density at radius 1 is 1.52 bits per heavy atom. The predicted molar refractivity (Wildman–Crippen MR) is 85.7 cm³/mol. The van der Waals surface area contributed by atoms with Crippen molar-refractivity contribution in [1.29, 1.82) is 0 Å². The summed E-state index contributed by atoms with van der Waals surface area (Å²) in [5, 5.41) is 16.8. The van der Waals surface area contributed by atoms with Crippen LogP contribution >= 0.6 is 22.7 Å². The highest BCUT2D eigenvalue weighted by Crippen LogP contribution is 2.35. The van der Waals surface area contributed by atoms with Crippen molar-refractivity contribution in [1.82, 2.24) is 9.88 Å². The number of carbonyl (C=O) groups is 1. The largest absolute Gasteiger partial charge is 0.480 e. The first-order chi connectivity index (χ1) is 10.2. The topological polar surface area (TPSA) is 53.4 Å². The summed E-state index contributed by atoms with van der Waals surface area (Å²) in [7, 11) is 0. The Morgan fingerprint density at radius 2 is 2.38 bits per heavy atom. The lowest BCUT2D eigenvalue weighted by atomic mass is 9.93. The second kappa shape index (κ2) is 5.87. The summed E-state index contributed by atoms with van der Waals surface area (Å²) in [6.45, 7) is 3.43. The summed E-state index contributed by atoms with van der Waals surface area (Å²) in [6, 6.07) is 2.07. The molecular formula is C15H18N2O2S2. The van der Waals surface area contributed by atoms with E-state index in [0.717, 1.165) is 35.7 Å². The van der Waals surface area contributed by atoms with E-state index in [1.807, 2.05) is 17.7 Å². The fourth-order valence-corrected chi connectivity index (χ4v) is 4.58. The Hall–Kier alpha value is -1.24. The van der Waals surface area contributed by atoms with E-state index in [4.69, 9.17) is 0 Å². The van der Waals surface area contributed by atoms with Crippen molar-refractivity contribution in [3.05, 3.63) is 27.9 Å². The van der Waals surface area contributed by atoms with Crippen molar-refractivity contribution in [2.45, 2.75) is 38.3 Å². The van der Waals surface area contributed by atoms with Crippen molar-refractivity contribution >= 4 is 28.6 Å². The number of nitrogens with zero attached hydrogens (tertiary/aromatic N) is 2. The first kappa shape index (κ1) is 14.7. The molecule has 1 aliphatic heterocycles. The molecule has 1 fully saturated rings. The zero-order chi connectivity index (χ0) is 14.9. The van der Waals surface area contributed by atoms with Gasteiger partial charge in [0.05, 0.1) is 5.69 Å². The van der Waals surface area contributed by atoms with Crippen LogP contribution in [0.15, 0.2) is 22.2 Å². The zero-order valence-electron chi connectivity index (χ0n) is 11.9. The molecule has 2 aromatic rings. The van der Waals surface area contributed by atoms with Crippen LogP contribution in [0.4, 0.5) is 0 Å². The van der Waals surface area contributed by atoms with Gasteiger partial charge in [-0.25, -0.2) is 4.98 Å². The predicted octanol–water partition coefficient (Wildman–Crippen LogP) is 3.70. The molecule has 2 aromatic heterocycles. The average Bonchev–Trinajstić information content (AvgIpc) is 3.19. The van der Waals surface area contributed by atoms with Crippen LogP contribution in [-0.2, 0) is 11.3 Å². The molecular weight excluding hydrogens is 304 g/mol. The fraction of sp³-hybridized carbons (Fsp3) is 0.467. The first-order valence-electron chi connectivity index (χ1n) is 7.11. The van der Waals surface area contributed by atoms with E-state index in [-0.39, 0.29) is 0 Å². The SMILES string of the molecule is CCC1(C(=O)O)CCCN1Cc1csc(-c2ccsc2)n1. The third-order valence-corrected chi connectivity index (χ3v) is 5.90. The Morgan fingerprint density at radius 3 is 3.05 bits per heavy atom. The molecule has 0 radical (unpaired) electrons. The molecule has 0 bridgehead atoms. The van der Waals surface area contributed by atoms with Gasteiger partial charge in [0.25, 0.3) is 0 Å². The molecule has 0 spiro atoms. The number of likely N-dealkylation sites (tertiary alicyclic amines) is 1. The maximum absolute atomic E-state index is 11.7. The van der Waals surface area contributed by atoms with Crippen molar-refractivity contribution in [3.8, 4) is 10.6 Å². The second-order valence-corrected chi connectivity index (χ2v) is 7.01. The van der Waals surface area contributed by atoms with Gasteiger partial charge in [-0.05, 0) is 37.3 Å². The van der Waals surface area contributed by atoms with Crippen molar-refractivity contribution in [2.75, 3.05) is 6.54 Å². The van der Waals surface area contributed by atoms with E-state index in [1.165, 1.54) is 0 Å². The number of hydrogen-bond acceptors (Lipinski definition) is 5. The van der Waals surface area contributed by atoms with E-state index in [1.54, 1.807) is 22.7 Å². The maximum Gasteiger partial charge on any atom is 0.324 e. The minimum Gasteiger partial charge on any atom is -0.480 e. The molecule has 6 heteroatoms. The van der Waals surface area contributed by atoms with Crippen LogP contribution in [0.5, 0.6) is 0 Å². The third kappa shape index (κ3) is 2.63. The Kier molecular flexibility index (Phi) is 4.10. The van der Waals surface area contributed by atoms with Crippen molar-refractivity contribution < 1.29 is 9.90 Å². The van der Waals surface area contributed by atoms with Gasteiger partial charge in [0.2, 0.25) is 0 Å². The van der Waals surface area contributed by atoms with E-state index in [0.29, 0.717) is 13.0 Å². The van der Waals surface area contributed by atoms with Crippen LogP contribution in [0.3, 0.4) is 0 Å². The highest BCUT2D eigenvalue weighted by Gasteiger charge is 2.46. The van der Waals surface area contributed by atoms with Gasteiger partial charge in [-0.3, -0.25) is 9.69 Å². The number of carboxylic acid groups (broad SMARTS) is 1. The number of rotatable bonds is 5. The summed E-state index contributed by atoms with van der Waals surface area (Å²) < 4.78 is 0. The minimum absolute atomic E-state index is 0.626. The normalized spacial score (nSPS) is 22.7. The third-order valence-electron chi connectivity index (χ3n) is 4.28. The Labute approximate surface area is 132 Å². The Bertz CT molecular complexity index is 623.